The highest BCUT2D eigenvalue weighted by Crippen LogP contribution is 2.25. The molecule has 21 heavy (non-hydrogen) atoms. The summed E-state index contributed by atoms with van der Waals surface area (Å²) in [5, 5.41) is 3.44. The van der Waals surface area contributed by atoms with Crippen LogP contribution in [0.4, 0.5) is 5.69 Å². The minimum absolute atomic E-state index is 1.05. The first-order valence-electron chi connectivity index (χ1n) is 8.03. The summed E-state index contributed by atoms with van der Waals surface area (Å²) in [5.41, 5.74) is 7.22. The van der Waals surface area contributed by atoms with E-state index in [2.05, 4.69) is 52.7 Å². The maximum Gasteiger partial charge on any atom is 0.0373 e. The zero-order valence-electron chi connectivity index (χ0n) is 12.4. The number of fused-ring (bicyclic) bond motifs is 1. The number of nitrogens with one attached hydrogen (secondary N) is 1. The van der Waals surface area contributed by atoms with Crippen molar-refractivity contribution in [2.24, 2.45) is 0 Å². The van der Waals surface area contributed by atoms with Gasteiger partial charge in [0.25, 0.3) is 0 Å². The topological polar surface area (TPSA) is 15.3 Å². The standard InChI is InChI=1S/C19H22N2/c1-2-5-18(14-21-10-3-11-21)16(4-1)12-15-6-7-19-17(13-15)8-9-20-19/h1-2,4-7,13,20H,3,8-12,14H2. The quantitative estimate of drug-likeness (QED) is 0.921. The summed E-state index contributed by atoms with van der Waals surface area (Å²) in [5.74, 6) is 0. The molecule has 108 valence electrons. The molecule has 0 aromatic heterocycles. The van der Waals surface area contributed by atoms with E-state index in [1.165, 1.54) is 53.9 Å². The van der Waals surface area contributed by atoms with Crippen LogP contribution in [0, 0.1) is 0 Å². The summed E-state index contributed by atoms with van der Waals surface area (Å²) >= 11 is 0. The van der Waals surface area contributed by atoms with Gasteiger partial charge in [0, 0.05) is 18.8 Å². The second-order valence-corrected chi connectivity index (χ2v) is 6.24. The normalized spacial score (nSPS) is 17.1. The second-order valence-electron chi connectivity index (χ2n) is 6.24. The van der Waals surface area contributed by atoms with Gasteiger partial charge in [0.15, 0.2) is 0 Å². The summed E-state index contributed by atoms with van der Waals surface area (Å²) < 4.78 is 0. The molecule has 4 rings (SSSR count). The van der Waals surface area contributed by atoms with Crippen LogP contribution >= 0.6 is 0 Å². The van der Waals surface area contributed by atoms with Gasteiger partial charge >= 0.3 is 0 Å². The van der Waals surface area contributed by atoms with Crippen LogP contribution in [0.5, 0.6) is 0 Å². The lowest BCUT2D eigenvalue weighted by molar-refractivity contribution is 0.172. The van der Waals surface area contributed by atoms with Crippen LogP contribution < -0.4 is 5.32 Å². The molecule has 1 saturated heterocycles. The van der Waals surface area contributed by atoms with E-state index < -0.39 is 0 Å². The van der Waals surface area contributed by atoms with Gasteiger partial charge in [-0.25, -0.2) is 0 Å². The van der Waals surface area contributed by atoms with Gasteiger partial charge in [-0.1, -0.05) is 36.4 Å². The first-order chi connectivity index (χ1) is 10.4. The molecule has 0 amide bonds. The molecular formula is C19H22N2. The van der Waals surface area contributed by atoms with Crippen molar-refractivity contribution in [2.45, 2.75) is 25.8 Å². The predicted molar refractivity (Wildman–Crippen MR) is 87.8 cm³/mol. The monoisotopic (exact) mass is 278 g/mol. The number of benzene rings is 2. The fraction of sp³-hybridized carbons (Fsp3) is 0.368. The van der Waals surface area contributed by atoms with E-state index in [0.29, 0.717) is 0 Å². The van der Waals surface area contributed by atoms with Gasteiger partial charge in [-0.15, -0.1) is 0 Å². The van der Waals surface area contributed by atoms with Crippen LogP contribution in [0.2, 0.25) is 0 Å². The van der Waals surface area contributed by atoms with Gasteiger partial charge in [0.05, 0.1) is 0 Å². The smallest absolute Gasteiger partial charge is 0.0373 e. The van der Waals surface area contributed by atoms with E-state index in [0.717, 1.165) is 19.5 Å². The van der Waals surface area contributed by atoms with Crippen molar-refractivity contribution in [3.05, 3.63) is 64.7 Å². The van der Waals surface area contributed by atoms with Crippen molar-refractivity contribution in [1.82, 2.24) is 4.90 Å². The fourth-order valence-corrected chi connectivity index (χ4v) is 3.35. The number of hydrogen-bond donors (Lipinski definition) is 1. The molecule has 0 bridgehead atoms. The van der Waals surface area contributed by atoms with Crippen molar-refractivity contribution < 1.29 is 0 Å². The Morgan fingerprint density at radius 2 is 1.86 bits per heavy atom. The maximum atomic E-state index is 3.44. The number of anilines is 1. The highest BCUT2D eigenvalue weighted by molar-refractivity contribution is 5.57. The van der Waals surface area contributed by atoms with E-state index in [4.69, 9.17) is 0 Å². The van der Waals surface area contributed by atoms with Crippen molar-refractivity contribution in [3.63, 3.8) is 0 Å². The molecular weight excluding hydrogens is 256 g/mol. The van der Waals surface area contributed by atoms with Crippen LogP contribution in [0.3, 0.4) is 0 Å². The van der Waals surface area contributed by atoms with Crippen LogP contribution in [0.15, 0.2) is 42.5 Å². The van der Waals surface area contributed by atoms with Crippen molar-refractivity contribution in [3.8, 4) is 0 Å². The summed E-state index contributed by atoms with van der Waals surface area (Å²) in [6.45, 7) is 4.73. The molecule has 0 atom stereocenters. The molecule has 0 saturated carbocycles. The van der Waals surface area contributed by atoms with Gasteiger partial charge in [-0.05, 0) is 60.7 Å². The molecule has 2 aliphatic heterocycles. The molecule has 0 aliphatic carbocycles. The Morgan fingerprint density at radius 3 is 2.67 bits per heavy atom. The van der Waals surface area contributed by atoms with Crippen molar-refractivity contribution in [2.75, 3.05) is 25.0 Å². The predicted octanol–water partition coefficient (Wildman–Crippen LogP) is 3.45. The summed E-state index contributed by atoms with van der Waals surface area (Å²) in [6.07, 6.45) is 3.58. The fourth-order valence-electron chi connectivity index (χ4n) is 3.35. The minimum atomic E-state index is 1.05. The Morgan fingerprint density at radius 1 is 1.00 bits per heavy atom. The minimum Gasteiger partial charge on any atom is -0.384 e. The Hall–Kier alpha value is -1.80. The van der Waals surface area contributed by atoms with Gasteiger partial charge in [0.1, 0.15) is 0 Å². The molecule has 2 heterocycles. The Labute approximate surface area is 126 Å². The van der Waals surface area contributed by atoms with Crippen molar-refractivity contribution >= 4 is 5.69 Å². The Balaban J connectivity index is 1.56. The van der Waals surface area contributed by atoms with E-state index in [1.807, 2.05) is 0 Å². The first kappa shape index (κ1) is 12.9. The van der Waals surface area contributed by atoms with Crippen molar-refractivity contribution in [1.29, 1.82) is 0 Å². The number of nitrogens with zero attached hydrogens (tertiary/aromatic N) is 1. The zero-order chi connectivity index (χ0) is 14.1. The van der Waals surface area contributed by atoms with Gasteiger partial charge in [-0.3, -0.25) is 4.90 Å². The van der Waals surface area contributed by atoms with Crippen LogP contribution in [0.25, 0.3) is 0 Å². The molecule has 0 unspecified atom stereocenters. The third kappa shape index (κ3) is 2.68. The molecule has 0 radical (unpaired) electrons. The molecule has 1 N–H and O–H groups in total. The van der Waals surface area contributed by atoms with Gasteiger partial charge in [0.2, 0.25) is 0 Å². The molecule has 1 fully saturated rings. The SMILES string of the molecule is c1ccc(CN2CCC2)c(Cc2ccc3c(c2)CCN3)c1. The highest BCUT2D eigenvalue weighted by atomic mass is 15.2. The van der Waals surface area contributed by atoms with E-state index in [-0.39, 0.29) is 0 Å². The molecule has 2 nitrogen and oxygen atoms in total. The summed E-state index contributed by atoms with van der Waals surface area (Å²) in [4.78, 5) is 2.53. The molecule has 2 aromatic carbocycles. The third-order valence-electron chi connectivity index (χ3n) is 4.74. The largest absolute Gasteiger partial charge is 0.384 e. The maximum absolute atomic E-state index is 3.44. The van der Waals surface area contributed by atoms with E-state index >= 15 is 0 Å². The van der Waals surface area contributed by atoms with E-state index in [9.17, 15) is 0 Å². The number of rotatable bonds is 4. The number of hydrogen-bond acceptors (Lipinski definition) is 2. The average molecular weight is 278 g/mol. The third-order valence-corrected chi connectivity index (χ3v) is 4.74. The summed E-state index contributed by atoms with van der Waals surface area (Å²) in [6, 6.07) is 15.8. The molecule has 2 heteroatoms. The lowest BCUT2D eigenvalue weighted by Gasteiger charge is -2.31. The van der Waals surface area contributed by atoms with Gasteiger partial charge < -0.3 is 5.32 Å². The highest BCUT2D eigenvalue weighted by Gasteiger charge is 2.16. The average Bonchev–Trinajstić information content (AvgIpc) is 2.92. The first-order valence-corrected chi connectivity index (χ1v) is 8.03. The lowest BCUT2D eigenvalue weighted by atomic mass is 9.97. The zero-order valence-corrected chi connectivity index (χ0v) is 12.4. The Kier molecular flexibility index (Phi) is 3.40. The van der Waals surface area contributed by atoms with Gasteiger partial charge in [-0.2, -0.15) is 0 Å². The lowest BCUT2D eigenvalue weighted by Crippen LogP contribution is -2.36. The molecule has 2 aromatic rings. The second kappa shape index (κ2) is 5.53. The van der Waals surface area contributed by atoms with Crippen LogP contribution in [-0.2, 0) is 19.4 Å². The van der Waals surface area contributed by atoms with E-state index in [1.54, 1.807) is 0 Å². The summed E-state index contributed by atoms with van der Waals surface area (Å²) in [7, 11) is 0. The Bertz CT molecular complexity index is 644. The molecule has 2 aliphatic rings. The van der Waals surface area contributed by atoms with Crippen LogP contribution in [0.1, 0.15) is 28.7 Å². The number of likely N-dealkylation sites (tertiary alicyclic amines) is 1. The van der Waals surface area contributed by atoms with Crippen LogP contribution in [-0.4, -0.2) is 24.5 Å². The molecule has 0 spiro atoms.